The minimum atomic E-state index is -1.13. The number of ketones is 1. The van der Waals surface area contributed by atoms with Crippen molar-refractivity contribution in [3.05, 3.63) is 53.4 Å². The molecule has 4 rings (SSSR count). The molecular weight excluding hydrogens is 570 g/mol. The second-order valence-electron chi connectivity index (χ2n) is 11.9. The molecule has 0 bridgehead atoms. The minimum absolute atomic E-state index is 0.0200. The first kappa shape index (κ1) is 33.2. The molecule has 2 fully saturated rings. The SMILES string of the molecule is COCC(NC(=O)c1cc(CN2CCOCC2)on1)C(=O)N[C@@H](Cc1ccccc1)C(=O)NC(CC(C)C)C(=O)C1(C)CO1. The van der Waals surface area contributed by atoms with Crippen LogP contribution in [-0.4, -0.2) is 104 Å². The van der Waals surface area contributed by atoms with Crippen LogP contribution in [0.15, 0.2) is 40.9 Å². The van der Waals surface area contributed by atoms with Gasteiger partial charge in [-0.1, -0.05) is 49.3 Å². The Morgan fingerprint density at radius 1 is 1.00 bits per heavy atom. The number of Topliss-reactive ketones (excluding diaryl/α,β-unsaturated/α-hetero) is 1. The first-order valence-electron chi connectivity index (χ1n) is 15.0. The smallest absolute Gasteiger partial charge is 0.274 e. The zero-order valence-electron chi connectivity index (χ0n) is 25.8. The zero-order chi connectivity index (χ0) is 31.7. The van der Waals surface area contributed by atoms with Gasteiger partial charge in [0.1, 0.15) is 17.7 Å². The van der Waals surface area contributed by atoms with Crippen molar-refractivity contribution in [1.82, 2.24) is 26.0 Å². The summed E-state index contributed by atoms with van der Waals surface area (Å²) >= 11 is 0. The number of aromatic nitrogens is 1. The Morgan fingerprint density at radius 2 is 1.66 bits per heavy atom. The molecule has 0 spiro atoms. The van der Waals surface area contributed by atoms with Crippen LogP contribution in [0.25, 0.3) is 0 Å². The molecule has 13 nitrogen and oxygen atoms in total. The van der Waals surface area contributed by atoms with Gasteiger partial charge in [0, 0.05) is 32.7 Å². The highest BCUT2D eigenvalue weighted by Crippen LogP contribution is 2.29. The Balaban J connectivity index is 1.45. The van der Waals surface area contributed by atoms with Gasteiger partial charge >= 0.3 is 0 Å². The molecule has 0 aliphatic carbocycles. The number of amides is 3. The maximum atomic E-state index is 13.6. The molecule has 1 aromatic heterocycles. The number of rotatable bonds is 16. The molecule has 2 aromatic rings. The van der Waals surface area contributed by atoms with Crippen LogP contribution in [-0.2, 0) is 41.6 Å². The fraction of sp³-hybridized carbons (Fsp3) is 0.581. The van der Waals surface area contributed by atoms with Crippen molar-refractivity contribution in [3.8, 4) is 0 Å². The lowest BCUT2D eigenvalue weighted by Gasteiger charge is -2.26. The Morgan fingerprint density at radius 3 is 2.30 bits per heavy atom. The van der Waals surface area contributed by atoms with Gasteiger partial charge in [-0.15, -0.1) is 0 Å². The average Bonchev–Trinajstić information content (AvgIpc) is 3.59. The van der Waals surface area contributed by atoms with E-state index in [9.17, 15) is 19.2 Å². The van der Waals surface area contributed by atoms with Crippen LogP contribution in [0.4, 0.5) is 0 Å². The van der Waals surface area contributed by atoms with Crippen LogP contribution in [0.5, 0.6) is 0 Å². The van der Waals surface area contributed by atoms with Crippen molar-refractivity contribution in [1.29, 1.82) is 0 Å². The van der Waals surface area contributed by atoms with E-state index in [2.05, 4.69) is 26.0 Å². The van der Waals surface area contributed by atoms with Crippen molar-refractivity contribution in [2.24, 2.45) is 5.92 Å². The van der Waals surface area contributed by atoms with Gasteiger partial charge in [0.05, 0.1) is 39.0 Å². The normalized spacial score (nSPS) is 20.4. The first-order chi connectivity index (χ1) is 21.1. The molecule has 4 atom stereocenters. The second-order valence-corrected chi connectivity index (χ2v) is 11.9. The monoisotopic (exact) mass is 613 g/mol. The maximum absolute atomic E-state index is 13.6. The predicted molar refractivity (Wildman–Crippen MR) is 159 cm³/mol. The summed E-state index contributed by atoms with van der Waals surface area (Å²) in [5.74, 6) is -1.32. The zero-order valence-corrected chi connectivity index (χ0v) is 25.8. The molecule has 3 amide bonds. The predicted octanol–water partition coefficient (Wildman–Crippen LogP) is 0.868. The molecular formula is C31H43N5O8. The summed E-state index contributed by atoms with van der Waals surface area (Å²) < 4.78 is 21.3. The van der Waals surface area contributed by atoms with Crippen molar-refractivity contribution in [3.63, 3.8) is 0 Å². The first-order valence-corrected chi connectivity index (χ1v) is 15.0. The van der Waals surface area contributed by atoms with Gasteiger partial charge in [0.15, 0.2) is 17.2 Å². The third-order valence-corrected chi connectivity index (χ3v) is 7.58. The molecule has 3 N–H and O–H groups in total. The van der Waals surface area contributed by atoms with Gasteiger partial charge in [0.25, 0.3) is 5.91 Å². The quantitative estimate of drug-likeness (QED) is 0.231. The van der Waals surface area contributed by atoms with Crippen LogP contribution in [0.1, 0.15) is 49.0 Å². The van der Waals surface area contributed by atoms with Gasteiger partial charge in [-0.2, -0.15) is 0 Å². The van der Waals surface area contributed by atoms with E-state index < -0.39 is 41.4 Å². The molecule has 2 aliphatic heterocycles. The lowest BCUT2D eigenvalue weighted by molar-refractivity contribution is -0.133. The standard InChI is InChI=1S/C31H43N5O8/c1-20(2)14-23(27(37)31(3)19-43-31)32-28(38)24(15-21-8-6-5-7-9-21)33-30(40)26(18-41-4)34-29(39)25-16-22(44-35-25)17-36-10-12-42-13-11-36/h5-9,16,20,23-24,26H,10-15,17-19H2,1-4H3,(H,32,38)(H,33,40)(H,34,39)/t23?,24-,26?,31?/m0/s1. The van der Waals surface area contributed by atoms with Crippen LogP contribution in [0.2, 0.25) is 0 Å². The Hall–Kier alpha value is -3.65. The van der Waals surface area contributed by atoms with Crippen LogP contribution in [0, 0.1) is 5.92 Å². The van der Waals surface area contributed by atoms with Crippen molar-refractivity contribution in [2.45, 2.75) is 63.9 Å². The summed E-state index contributed by atoms with van der Waals surface area (Å²) in [6.45, 7) is 9.00. The minimum Gasteiger partial charge on any atom is -0.382 e. The molecule has 240 valence electrons. The van der Waals surface area contributed by atoms with Crippen LogP contribution >= 0.6 is 0 Å². The van der Waals surface area contributed by atoms with Gasteiger partial charge in [-0.05, 0) is 24.8 Å². The summed E-state index contributed by atoms with van der Waals surface area (Å²) in [6, 6.07) is 7.79. The van der Waals surface area contributed by atoms with Crippen molar-refractivity contribution < 1.29 is 37.9 Å². The number of hydrogen-bond donors (Lipinski definition) is 3. The Kier molecular flexibility index (Phi) is 11.6. The number of nitrogens with one attached hydrogen (secondary N) is 3. The Bertz CT molecular complexity index is 1270. The van der Waals surface area contributed by atoms with Gasteiger partial charge in [0.2, 0.25) is 11.8 Å². The average molecular weight is 614 g/mol. The Labute approximate surface area is 257 Å². The molecule has 0 radical (unpaired) electrons. The van der Waals surface area contributed by atoms with E-state index >= 15 is 0 Å². The van der Waals surface area contributed by atoms with E-state index in [0.717, 1.165) is 18.7 Å². The van der Waals surface area contributed by atoms with Crippen molar-refractivity contribution in [2.75, 3.05) is 46.6 Å². The third-order valence-electron chi connectivity index (χ3n) is 7.58. The summed E-state index contributed by atoms with van der Waals surface area (Å²) in [7, 11) is 1.40. The van der Waals surface area contributed by atoms with E-state index in [-0.39, 0.29) is 30.4 Å². The number of epoxide rings is 1. The van der Waals surface area contributed by atoms with E-state index in [4.69, 9.17) is 18.7 Å². The van der Waals surface area contributed by atoms with Crippen LogP contribution < -0.4 is 16.0 Å². The van der Waals surface area contributed by atoms with Crippen molar-refractivity contribution >= 4 is 23.5 Å². The lowest BCUT2D eigenvalue weighted by Crippen LogP contribution is -2.58. The van der Waals surface area contributed by atoms with E-state index in [0.29, 0.717) is 38.5 Å². The largest absolute Gasteiger partial charge is 0.382 e. The fourth-order valence-corrected chi connectivity index (χ4v) is 4.98. The van der Waals surface area contributed by atoms with Gasteiger partial charge in [-0.3, -0.25) is 24.1 Å². The fourth-order valence-electron chi connectivity index (χ4n) is 4.98. The number of benzene rings is 1. The number of carbonyl (C=O) groups excluding carboxylic acids is 4. The number of nitrogens with zero attached hydrogens (tertiary/aromatic N) is 2. The topological polar surface area (TPSA) is 165 Å². The highest BCUT2D eigenvalue weighted by atomic mass is 16.6. The molecule has 3 unspecified atom stereocenters. The lowest BCUT2D eigenvalue weighted by atomic mass is 9.93. The summed E-state index contributed by atoms with van der Waals surface area (Å²) in [5.41, 5.74) is -0.0892. The molecule has 3 heterocycles. The van der Waals surface area contributed by atoms with E-state index in [1.165, 1.54) is 13.2 Å². The summed E-state index contributed by atoms with van der Waals surface area (Å²) in [6.07, 6.45) is 0.583. The highest BCUT2D eigenvalue weighted by molar-refractivity contribution is 5.99. The summed E-state index contributed by atoms with van der Waals surface area (Å²) in [4.78, 5) is 55.5. The molecule has 13 heteroatoms. The number of carbonyl (C=O) groups is 4. The number of hydrogen-bond acceptors (Lipinski definition) is 10. The van der Waals surface area contributed by atoms with Gasteiger partial charge < -0.3 is 34.7 Å². The number of ether oxygens (including phenoxy) is 3. The number of morpholine rings is 1. The third kappa shape index (κ3) is 9.42. The molecule has 0 saturated carbocycles. The van der Waals surface area contributed by atoms with E-state index in [1.54, 1.807) is 6.92 Å². The van der Waals surface area contributed by atoms with Crippen LogP contribution in [0.3, 0.4) is 0 Å². The molecule has 2 aliphatic rings. The van der Waals surface area contributed by atoms with E-state index in [1.807, 2.05) is 44.2 Å². The second kappa shape index (κ2) is 15.4. The highest BCUT2D eigenvalue weighted by Gasteiger charge is 2.50. The summed E-state index contributed by atoms with van der Waals surface area (Å²) in [5, 5.41) is 12.1. The molecule has 2 saturated heterocycles. The maximum Gasteiger partial charge on any atom is 0.274 e. The molecule has 1 aromatic carbocycles. The van der Waals surface area contributed by atoms with Gasteiger partial charge in [-0.25, -0.2) is 0 Å². The number of methoxy groups -OCH3 is 1. The molecule has 44 heavy (non-hydrogen) atoms.